The van der Waals surface area contributed by atoms with Crippen LogP contribution in [0.5, 0.6) is 0 Å². The SMILES string of the molecule is CCc1cc2c(s1)C1(CCN(C/C(C=N)=C/NCCSC)[C@@H](C)C1)OCC2O. The van der Waals surface area contributed by atoms with Crippen molar-refractivity contribution in [2.24, 2.45) is 0 Å². The van der Waals surface area contributed by atoms with Crippen LogP contribution in [0.1, 0.15) is 48.1 Å². The smallest absolute Gasteiger partial charge is 0.105 e. The molecule has 0 radical (unpaired) electrons. The Hall–Kier alpha value is -0.860. The van der Waals surface area contributed by atoms with Gasteiger partial charge >= 0.3 is 0 Å². The number of piperidine rings is 1. The minimum absolute atomic E-state index is 0.256. The van der Waals surface area contributed by atoms with Crippen molar-refractivity contribution < 1.29 is 9.84 Å². The average Bonchev–Trinajstić information content (AvgIpc) is 3.15. The lowest BCUT2D eigenvalue weighted by molar-refractivity contribution is -0.137. The molecule has 0 aliphatic carbocycles. The van der Waals surface area contributed by atoms with Crippen molar-refractivity contribution in [3.8, 4) is 0 Å². The lowest BCUT2D eigenvalue weighted by Crippen LogP contribution is -2.51. The monoisotopic (exact) mass is 423 g/mol. The van der Waals surface area contributed by atoms with E-state index in [0.717, 1.165) is 55.8 Å². The lowest BCUT2D eigenvalue weighted by Gasteiger charge is -2.47. The number of nitrogens with zero attached hydrogens (tertiary/aromatic N) is 1. The number of thiophene rings is 1. The predicted molar refractivity (Wildman–Crippen MR) is 120 cm³/mol. The van der Waals surface area contributed by atoms with Gasteiger partial charge in [0.25, 0.3) is 0 Å². The van der Waals surface area contributed by atoms with Gasteiger partial charge in [-0.3, -0.25) is 4.90 Å². The van der Waals surface area contributed by atoms with Crippen molar-refractivity contribution in [2.45, 2.75) is 50.9 Å². The second-order valence-electron chi connectivity index (χ2n) is 7.76. The van der Waals surface area contributed by atoms with Crippen LogP contribution in [0.25, 0.3) is 0 Å². The summed E-state index contributed by atoms with van der Waals surface area (Å²) in [5.41, 5.74) is 1.84. The van der Waals surface area contributed by atoms with Crippen LogP contribution in [0, 0.1) is 5.41 Å². The van der Waals surface area contributed by atoms with Gasteiger partial charge in [-0.1, -0.05) is 6.92 Å². The third kappa shape index (κ3) is 4.65. The first-order valence-corrected chi connectivity index (χ1v) is 12.3. The van der Waals surface area contributed by atoms with Gasteiger partial charge in [-0.15, -0.1) is 11.3 Å². The molecule has 2 unspecified atom stereocenters. The van der Waals surface area contributed by atoms with Crippen LogP contribution in [0.2, 0.25) is 0 Å². The zero-order chi connectivity index (χ0) is 20.1. The normalized spacial score (nSPS) is 28.4. The molecule has 1 aromatic heterocycles. The number of ether oxygens (including phenoxy) is 1. The van der Waals surface area contributed by atoms with Crippen LogP contribution in [0.3, 0.4) is 0 Å². The van der Waals surface area contributed by atoms with Gasteiger partial charge < -0.3 is 20.6 Å². The summed E-state index contributed by atoms with van der Waals surface area (Å²) < 4.78 is 6.30. The Kier molecular flexibility index (Phi) is 7.61. The fourth-order valence-corrected chi connectivity index (χ4v) is 5.84. The number of hydrogen-bond donors (Lipinski definition) is 3. The Labute approximate surface area is 177 Å². The molecule has 0 bridgehead atoms. The molecule has 156 valence electrons. The topological polar surface area (TPSA) is 68.6 Å². The summed E-state index contributed by atoms with van der Waals surface area (Å²) in [4.78, 5) is 5.02. The second-order valence-corrected chi connectivity index (χ2v) is 9.88. The first-order valence-electron chi connectivity index (χ1n) is 10.1. The first-order chi connectivity index (χ1) is 13.5. The van der Waals surface area contributed by atoms with E-state index in [2.05, 4.69) is 36.4 Å². The molecule has 0 saturated carbocycles. The highest BCUT2D eigenvalue weighted by atomic mass is 32.2. The summed E-state index contributed by atoms with van der Waals surface area (Å²) in [6.45, 7) is 7.46. The number of likely N-dealkylation sites (tertiary alicyclic amines) is 1. The van der Waals surface area contributed by atoms with E-state index in [-0.39, 0.29) is 5.60 Å². The summed E-state index contributed by atoms with van der Waals surface area (Å²) in [5, 5.41) is 21.5. The third-order valence-electron chi connectivity index (χ3n) is 5.81. The van der Waals surface area contributed by atoms with E-state index in [1.165, 1.54) is 16.0 Å². The van der Waals surface area contributed by atoms with E-state index >= 15 is 0 Å². The molecule has 1 aromatic rings. The highest BCUT2D eigenvalue weighted by Gasteiger charge is 2.46. The van der Waals surface area contributed by atoms with Crippen molar-refractivity contribution in [1.82, 2.24) is 10.2 Å². The number of rotatable bonds is 8. The molecule has 1 saturated heterocycles. The molecular formula is C21H33N3O2S2. The van der Waals surface area contributed by atoms with E-state index < -0.39 is 6.10 Å². The molecule has 2 aliphatic heterocycles. The summed E-state index contributed by atoms with van der Waals surface area (Å²) in [5.74, 6) is 1.07. The predicted octanol–water partition coefficient (Wildman–Crippen LogP) is 3.54. The van der Waals surface area contributed by atoms with Crippen LogP contribution in [0.4, 0.5) is 0 Å². The third-order valence-corrected chi connectivity index (χ3v) is 7.90. The van der Waals surface area contributed by atoms with Gasteiger partial charge in [-0.25, -0.2) is 0 Å². The van der Waals surface area contributed by atoms with Crippen LogP contribution in [0.15, 0.2) is 17.8 Å². The molecule has 28 heavy (non-hydrogen) atoms. The standard InChI is InChI=1S/C21H33N3O2S2/c1-4-17-9-18-19(25)14-26-21(20(18)28-17)5-7-24(15(2)10-21)13-16(11-22)12-23-6-8-27-3/h9,11-12,15,19,22-23,25H,4-8,10,13-14H2,1-3H3/b16-12+,22-11?/t15-,19?,21?/m0/s1. The quantitative estimate of drug-likeness (QED) is 0.441. The zero-order valence-electron chi connectivity index (χ0n) is 17.2. The van der Waals surface area contributed by atoms with Gasteiger partial charge in [0.05, 0.1) is 6.61 Å². The number of hydrogen-bond acceptors (Lipinski definition) is 7. The van der Waals surface area contributed by atoms with Crippen molar-refractivity contribution in [3.05, 3.63) is 33.2 Å². The van der Waals surface area contributed by atoms with E-state index in [1.807, 2.05) is 29.3 Å². The summed E-state index contributed by atoms with van der Waals surface area (Å²) in [7, 11) is 0. The Bertz CT molecular complexity index is 706. The van der Waals surface area contributed by atoms with E-state index in [9.17, 15) is 5.11 Å². The molecule has 7 heteroatoms. The Morgan fingerprint density at radius 1 is 1.57 bits per heavy atom. The van der Waals surface area contributed by atoms with Crippen molar-refractivity contribution >= 4 is 29.3 Å². The van der Waals surface area contributed by atoms with Crippen molar-refractivity contribution in [3.63, 3.8) is 0 Å². The minimum Gasteiger partial charge on any atom is -0.390 e. The number of nitrogens with one attached hydrogen (secondary N) is 2. The molecule has 0 amide bonds. The molecule has 3 atom stereocenters. The van der Waals surface area contributed by atoms with E-state index in [1.54, 1.807) is 0 Å². The van der Waals surface area contributed by atoms with Gasteiger partial charge in [0.2, 0.25) is 0 Å². The van der Waals surface area contributed by atoms with Crippen LogP contribution in [-0.2, 0) is 16.8 Å². The molecule has 1 fully saturated rings. The number of fused-ring (bicyclic) bond motifs is 2. The van der Waals surface area contributed by atoms with Gasteiger partial charge in [0.15, 0.2) is 0 Å². The van der Waals surface area contributed by atoms with Gasteiger partial charge in [0.1, 0.15) is 11.7 Å². The highest BCUT2D eigenvalue weighted by Crippen LogP contribution is 2.49. The van der Waals surface area contributed by atoms with E-state index in [4.69, 9.17) is 10.1 Å². The van der Waals surface area contributed by atoms with Gasteiger partial charge in [-0.2, -0.15) is 11.8 Å². The molecule has 3 heterocycles. The molecule has 0 aromatic carbocycles. The zero-order valence-corrected chi connectivity index (χ0v) is 18.8. The Balaban J connectivity index is 1.69. The molecule has 3 N–H and O–H groups in total. The second kappa shape index (κ2) is 9.76. The van der Waals surface area contributed by atoms with Gasteiger partial charge in [-0.05, 0) is 49.6 Å². The maximum atomic E-state index is 10.4. The Morgan fingerprint density at radius 2 is 2.39 bits per heavy atom. The van der Waals surface area contributed by atoms with Crippen LogP contribution >= 0.6 is 23.1 Å². The number of aliphatic hydroxyl groups excluding tert-OH is 1. The molecule has 2 aliphatic rings. The van der Waals surface area contributed by atoms with Crippen LogP contribution in [-0.4, -0.2) is 60.5 Å². The minimum atomic E-state index is -0.495. The average molecular weight is 424 g/mol. The Morgan fingerprint density at radius 3 is 3.07 bits per heavy atom. The van der Waals surface area contributed by atoms with E-state index in [0.29, 0.717) is 12.6 Å². The summed E-state index contributed by atoms with van der Waals surface area (Å²) in [6.07, 6.45) is 7.92. The number of aliphatic hydroxyl groups is 1. The fraction of sp³-hybridized carbons (Fsp3) is 0.667. The maximum absolute atomic E-state index is 10.4. The fourth-order valence-electron chi connectivity index (χ4n) is 4.19. The lowest BCUT2D eigenvalue weighted by atomic mass is 9.81. The summed E-state index contributed by atoms with van der Waals surface area (Å²) >= 11 is 3.64. The van der Waals surface area contributed by atoms with Crippen molar-refractivity contribution in [2.75, 3.05) is 38.2 Å². The summed E-state index contributed by atoms with van der Waals surface area (Å²) in [6, 6.07) is 2.54. The van der Waals surface area contributed by atoms with Crippen LogP contribution < -0.4 is 5.32 Å². The number of thioether (sulfide) groups is 1. The molecule has 5 nitrogen and oxygen atoms in total. The van der Waals surface area contributed by atoms with Crippen molar-refractivity contribution in [1.29, 1.82) is 5.41 Å². The number of aryl methyl sites for hydroxylation is 1. The highest BCUT2D eigenvalue weighted by molar-refractivity contribution is 7.98. The van der Waals surface area contributed by atoms with Gasteiger partial charge in [0, 0.05) is 53.6 Å². The molecular weight excluding hydrogens is 390 g/mol. The first kappa shape index (κ1) is 21.8. The molecule has 1 spiro atoms. The molecule has 3 rings (SSSR count). The largest absolute Gasteiger partial charge is 0.390 e. The maximum Gasteiger partial charge on any atom is 0.105 e.